The van der Waals surface area contributed by atoms with Crippen LogP contribution in [0.15, 0.2) is 59.6 Å². The Morgan fingerprint density at radius 1 is 1.05 bits per heavy atom. The Hall–Kier alpha value is -2.13. The smallest absolute Gasteiger partial charge is 0.231 e. The topological polar surface area (TPSA) is 41.8 Å². The highest BCUT2D eigenvalue weighted by molar-refractivity contribution is 5.97. The summed E-state index contributed by atoms with van der Waals surface area (Å²) in [5.41, 5.74) is 1.02. The van der Waals surface area contributed by atoms with Crippen molar-refractivity contribution in [2.45, 2.75) is 12.5 Å². The van der Waals surface area contributed by atoms with Gasteiger partial charge in [-0.1, -0.05) is 48.5 Å². The minimum absolute atomic E-state index is 0.349. The van der Waals surface area contributed by atoms with Crippen LogP contribution in [-0.2, 0) is 10.3 Å². The Bertz CT molecular complexity index is 622. The lowest BCUT2D eigenvalue weighted by Crippen LogP contribution is -2.35. The van der Waals surface area contributed by atoms with E-state index < -0.39 is 5.60 Å². The third-order valence-electron chi connectivity index (χ3n) is 3.30. The molecule has 1 heterocycles. The van der Waals surface area contributed by atoms with Crippen LogP contribution in [0.5, 0.6) is 0 Å². The van der Waals surface area contributed by atoms with Crippen molar-refractivity contribution in [1.29, 1.82) is 0 Å². The fraction of sp³-hybridized carbons (Fsp3) is 0.188. The first kappa shape index (κ1) is 11.9. The van der Waals surface area contributed by atoms with Crippen molar-refractivity contribution in [3.8, 4) is 0 Å². The molecule has 2 aromatic rings. The molecule has 0 aliphatic carbocycles. The molecule has 19 heavy (non-hydrogen) atoms. The van der Waals surface area contributed by atoms with E-state index in [4.69, 9.17) is 4.74 Å². The zero-order valence-corrected chi connectivity index (χ0v) is 10.7. The van der Waals surface area contributed by atoms with Gasteiger partial charge in [-0.3, -0.25) is 0 Å². The SMILES string of the molecule is CCOC1=Nc2ccccc2C1(O)c1ccccc1. The van der Waals surface area contributed by atoms with E-state index in [9.17, 15) is 5.11 Å². The summed E-state index contributed by atoms with van der Waals surface area (Å²) in [6.45, 7) is 2.36. The van der Waals surface area contributed by atoms with Crippen LogP contribution >= 0.6 is 0 Å². The van der Waals surface area contributed by atoms with Crippen LogP contribution in [0.1, 0.15) is 18.1 Å². The Labute approximate surface area is 112 Å². The maximum atomic E-state index is 11.1. The highest BCUT2D eigenvalue weighted by Crippen LogP contribution is 2.42. The first-order valence-corrected chi connectivity index (χ1v) is 6.36. The largest absolute Gasteiger partial charge is 0.478 e. The molecule has 1 unspecified atom stereocenters. The number of hydrogen-bond donors (Lipinski definition) is 1. The van der Waals surface area contributed by atoms with Gasteiger partial charge in [-0.2, -0.15) is 0 Å². The molecule has 0 spiro atoms. The number of nitrogens with zero attached hydrogens (tertiary/aromatic N) is 1. The lowest BCUT2D eigenvalue weighted by Gasteiger charge is -2.25. The predicted molar refractivity (Wildman–Crippen MR) is 74.6 cm³/mol. The number of para-hydroxylation sites is 1. The number of hydrogen-bond acceptors (Lipinski definition) is 3. The fourth-order valence-electron chi connectivity index (χ4n) is 2.41. The maximum absolute atomic E-state index is 11.1. The molecule has 0 saturated heterocycles. The maximum Gasteiger partial charge on any atom is 0.231 e. The molecular weight excluding hydrogens is 238 g/mol. The minimum Gasteiger partial charge on any atom is -0.478 e. The Morgan fingerprint density at radius 3 is 2.47 bits per heavy atom. The van der Waals surface area contributed by atoms with E-state index in [2.05, 4.69) is 4.99 Å². The molecule has 1 aliphatic rings. The average Bonchev–Trinajstić information content (AvgIpc) is 2.75. The van der Waals surface area contributed by atoms with Gasteiger partial charge in [0.05, 0.1) is 12.3 Å². The number of benzene rings is 2. The molecule has 3 heteroatoms. The molecule has 0 radical (unpaired) electrons. The molecule has 1 aliphatic heterocycles. The zero-order valence-electron chi connectivity index (χ0n) is 10.7. The van der Waals surface area contributed by atoms with Crippen molar-refractivity contribution < 1.29 is 9.84 Å². The lowest BCUT2D eigenvalue weighted by molar-refractivity contribution is 0.122. The molecule has 0 aromatic heterocycles. The number of ether oxygens (including phenoxy) is 1. The van der Waals surface area contributed by atoms with Crippen LogP contribution in [0.2, 0.25) is 0 Å². The molecule has 0 bridgehead atoms. The van der Waals surface area contributed by atoms with Crippen LogP contribution in [0.4, 0.5) is 5.69 Å². The van der Waals surface area contributed by atoms with Crippen LogP contribution in [0.25, 0.3) is 0 Å². The van der Waals surface area contributed by atoms with E-state index in [1.807, 2.05) is 61.5 Å². The summed E-state index contributed by atoms with van der Waals surface area (Å²) in [7, 11) is 0. The van der Waals surface area contributed by atoms with E-state index in [1.54, 1.807) is 0 Å². The molecule has 0 fully saturated rings. The summed E-state index contributed by atoms with van der Waals surface area (Å²) in [6.07, 6.45) is 0. The second-order valence-corrected chi connectivity index (χ2v) is 4.44. The van der Waals surface area contributed by atoms with E-state index in [0.717, 1.165) is 16.8 Å². The third-order valence-corrected chi connectivity index (χ3v) is 3.30. The van der Waals surface area contributed by atoms with Crippen LogP contribution < -0.4 is 0 Å². The summed E-state index contributed by atoms with van der Waals surface area (Å²) >= 11 is 0. The van der Waals surface area contributed by atoms with Crippen LogP contribution in [0, 0.1) is 0 Å². The summed E-state index contributed by atoms with van der Waals surface area (Å²) in [4.78, 5) is 4.42. The van der Waals surface area contributed by atoms with Crippen molar-refractivity contribution in [2.75, 3.05) is 6.61 Å². The van der Waals surface area contributed by atoms with Crippen molar-refractivity contribution in [3.05, 3.63) is 65.7 Å². The normalized spacial score (nSPS) is 20.8. The lowest BCUT2D eigenvalue weighted by atomic mass is 9.87. The monoisotopic (exact) mass is 253 g/mol. The van der Waals surface area contributed by atoms with E-state index in [-0.39, 0.29) is 0 Å². The fourth-order valence-corrected chi connectivity index (χ4v) is 2.41. The number of aliphatic hydroxyl groups is 1. The highest BCUT2D eigenvalue weighted by atomic mass is 16.5. The quantitative estimate of drug-likeness (QED) is 0.894. The van der Waals surface area contributed by atoms with Crippen LogP contribution in [-0.4, -0.2) is 17.6 Å². The molecule has 3 rings (SSSR count). The average molecular weight is 253 g/mol. The van der Waals surface area contributed by atoms with Crippen LogP contribution in [0.3, 0.4) is 0 Å². The molecule has 1 N–H and O–H groups in total. The van der Waals surface area contributed by atoms with E-state index in [0.29, 0.717) is 12.5 Å². The summed E-state index contributed by atoms with van der Waals surface area (Å²) in [5, 5.41) is 11.1. The standard InChI is InChI=1S/C16H15NO2/c1-2-19-15-16(18,12-8-4-3-5-9-12)13-10-6-7-11-14(13)17-15/h3-11,18H,2H2,1H3. The minimum atomic E-state index is -1.28. The Morgan fingerprint density at radius 2 is 1.74 bits per heavy atom. The Balaban J connectivity index is 2.19. The number of aliphatic imine (C=N–C) groups is 1. The van der Waals surface area contributed by atoms with E-state index in [1.165, 1.54) is 0 Å². The van der Waals surface area contributed by atoms with Gasteiger partial charge in [-0.05, 0) is 18.6 Å². The van der Waals surface area contributed by atoms with Crippen molar-refractivity contribution in [2.24, 2.45) is 4.99 Å². The van der Waals surface area contributed by atoms with Crippen molar-refractivity contribution >= 4 is 11.6 Å². The predicted octanol–water partition coefficient (Wildman–Crippen LogP) is 3.00. The van der Waals surface area contributed by atoms with Gasteiger partial charge in [0, 0.05) is 5.56 Å². The van der Waals surface area contributed by atoms with Crippen molar-refractivity contribution in [1.82, 2.24) is 0 Å². The molecular formula is C16H15NO2. The summed E-state index contributed by atoms with van der Waals surface area (Å²) in [6, 6.07) is 17.1. The van der Waals surface area contributed by atoms with Gasteiger partial charge < -0.3 is 9.84 Å². The number of rotatable bonds is 2. The summed E-state index contributed by atoms with van der Waals surface area (Å²) in [5.74, 6) is 0.349. The van der Waals surface area contributed by atoms with Gasteiger partial charge in [-0.15, -0.1) is 0 Å². The van der Waals surface area contributed by atoms with Gasteiger partial charge in [0.2, 0.25) is 5.90 Å². The van der Waals surface area contributed by atoms with Gasteiger partial charge in [0.15, 0.2) is 5.60 Å². The molecule has 0 saturated carbocycles. The third kappa shape index (κ3) is 1.74. The Kier molecular flexibility index (Phi) is 2.84. The second kappa shape index (κ2) is 4.52. The number of fused-ring (bicyclic) bond motifs is 1. The highest BCUT2D eigenvalue weighted by Gasteiger charge is 2.44. The molecule has 1 atom stereocenters. The van der Waals surface area contributed by atoms with Gasteiger partial charge in [-0.25, -0.2) is 4.99 Å². The molecule has 96 valence electrons. The first-order valence-electron chi connectivity index (χ1n) is 6.36. The first-order chi connectivity index (χ1) is 9.26. The van der Waals surface area contributed by atoms with Gasteiger partial charge in [0.25, 0.3) is 0 Å². The van der Waals surface area contributed by atoms with Gasteiger partial charge in [0.1, 0.15) is 0 Å². The van der Waals surface area contributed by atoms with E-state index >= 15 is 0 Å². The second-order valence-electron chi connectivity index (χ2n) is 4.44. The molecule has 2 aromatic carbocycles. The van der Waals surface area contributed by atoms with Gasteiger partial charge >= 0.3 is 0 Å². The zero-order chi connectivity index (χ0) is 13.3. The molecule has 3 nitrogen and oxygen atoms in total. The molecule has 0 amide bonds. The van der Waals surface area contributed by atoms with Crippen molar-refractivity contribution in [3.63, 3.8) is 0 Å². The summed E-state index contributed by atoms with van der Waals surface area (Å²) < 4.78 is 5.56.